The van der Waals surface area contributed by atoms with Crippen molar-refractivity contribution in [3.8, 4) is 0 Å². The molecule has 21 heavy (non-hydrogen) atoms. The number of anilines is 1. The van der Waals surface area contributed by atoms with Gasteiger partial charge < -0.3 is 13.9 Å². The number of rotatable bonds is 5. The van der Waals surface area contributed by atoms with Crippen LogP contribution in [0, 0.1) is 17.8 Å². The predicted molar refractivity (Wildman–Crippen MR) is 75.8 cm³/mol. The molecular formula is C15H19FN4O. The third-order valence-corrected chi connectivity index (χ3v) is 4.95. The summed E-state index contributed by atoms with van der Waals surface area (Å²) < 4.78 is 20.1. The van der Waals surface area contributed by atoms with Gasteiger partial charge in [-0.15, -0.1) is 10.2 Å². The average Bonchev–Trinajstić information content (AvgIpc) is 2.96. The first-order chi connectivity index (χ1) is 10.3. The van der Waals surface area contributed by atoms with Crippen LogP contribution in [-0.2, 0) is 19.9 Å². The normalized spacial score (nSPS) is 27.1. The maximum atomic E-state index is 12.7. The zero-order valence-electron chi connectivity index (χ0n) is 12.1. The molecule has 0 radical (unpaired) electrons. The van der Waals surface area contributed by atoms with Gasteiger partial charge in [0, 0.05) is 33.0 Å². The number of hydrogen-bond donors (Lipinski definition) is 0. The van der Waals surface area contributed by atoms with Gasteiger partial charge in [-0.05, 0) is 29.9 Å². The van der Waals surface area contributed by atoms with E-state index in [0.29, 0.717) is 17.8 Å². The number of aromatic nitrogens is 3. The van der Waals surface area contributed by atoms with Gasteiger partial charge in [-0.2, -0.15) is 0 Å². The summed E-state index contributed by atoms with van der Waals surface area (Å²) in [5.41, 5.74) is 0. The van der Waals surface area contributed by atoms with Crippen molar-refractivity contribution in [3.05, 3.63) is 30.0 Å². The Kier molecular flexibility index (Phi) is 2.97. The fourth-order valence-electron chi connectivity index (χ4n) is 3.58. The lowest BCUT2D eigenvalue weighted by Gasteiger charge is -2.19. The number of furan rings is 1. The first kappa shape index (κ1) is 12.9. The molecule has 0 N–H and O–H groups in total. The summed E-state index contributed by atoms with van der Waals surface area (Å²) >= 11 is 0. The molecule has 0 aromatic carbocycles. The lowest BCUT2D eigenvalue weighted by Crippen LogP contribution is -2.27. The minimum atomic E-state index is -0.170. The van der Waals surface area contributed by atoms with E-state index in [1.54, 1.807) is 6.26 Å². The summed E-state index contributed by atoms with van der Waals surface area (Å²) in [6, 6.07) is 3.87. The molecular weight excluding hydrogens is 271 g/mol. The number of alkyl halides is 1. The SMILES string of the molecule is Cn1c(CCc2ccco2)nnc1N1C[C@@H]2C(CF)[C@@H]2C1. The molecule has 5 nitrogen and oxygen atoms in total. The summed E-state index contributed by atoms with van der Waals surface area (Å²) in [4.78, 5) is 2.24. The van der Waals surface area contributed by atoms with Crippen molar-refractivity contribution < 1.29 is 8.81 Å². The van der Waals surface area contributed by atoms with Gasteiger partial charge >= 0.3 is 0 Å². The Hall–Kier alpha value is -1.85. The van der Waals surface area contributed by atoms with Crippen LogP contribution < -0.4 is 4.90 Å². The van der Waals surface area contributed by atoms with Gasteiger partial charge in [-0.1, -0.05) is 0 Å². The third kappa shape index (κ3) is 2.13. The molecule has 112 valence electrons. The molecule has 2 aromatic heterocycles. The molecule has 3 heterocycles. The van der Waals surface area contributed by atoms with E-state index in [1.807, 2.05) is 19.2 Å². The van der Waals surface area contributed by atoms with Crippen molar-refractivity contribution in [3.63, 3.8) is 0 Å². The second-order valence-corrected chi connectivity index (χ2v) is 6.11. The van der Waals surface area contributed by atoms with Crippen molar-refractivity contribution in [1.82, 2.24) is 14.8 Å². The van der Waals surface area contributed by atoms with E-state index in [2.05, 4.69) is 19.7 Å². The van der Waals surface area contributed by atoms with E-state index in [0.717, 1.165) is 43.5 Å². The van der Waals surface area contributed by atoms with E-state index in [4.69, 9.17) is 4.42 Å². The Balaban J connectivity index is 1.41. The van der Waals surface area contributed by atoms with Crippen LogP contribution in [0.5, 0.6) is 0 Å². The highest BCUT2D eigenvalue weighted by Crippen LogP contribution is 2.52. The zero-order valence-corrected chi connectivity index (χ0v) is 12.1. The van der Waals surface area contributed by atoms with Crippen molar-refractivity contribution in [2.45, 2.75) is 12.8 Å². The predicted octanol–water partition coefficient (Wildman–Crippen LogP) is 1.84. The van der Waals surface area contributed by atoms with Crippen molar-refractivity contribution >= 4 is 5.95 Å². The number of hydrogen-bond acceptors (Lipinski definition) is 4. The lowest BCUT2D eigenvalue weighted by molar-refractivity contribution is 0.420. The lowest BCUT2D eigenvalue weighted by atomic mass is 10.2. The molecule has 0 bridgehead atoms. The second kappa shape index (κ2) is 4.86. The molecule has 0 amide bonds. The Morgan fingerprint density at radius 1 is 1.29 bits per heavy atom. The molecule has 2 aliphatic rings. The first-order valence-electron chi connectivity index (χ1n) is 7.49. The van der Waals surface area contributed by atoms with Crippen LogP contribution in [-0.4, -0.2) is 34.5 Å². The van der Waals surface area contributed by atoms with E-state index in [-0.39, 0.29) is 6.67 Å². The van der Waals surface area contributed by atoms with E-state index in [1.165, 1.54) is 0 Å². The van der Waals surface area contributed by atoms with E-state index < -0.39 is 0 Å². The van der Waals surface area contributed by atoms with E-state index >= 15 is 0 Å². The highest BCUT2D eigenvalue weighted by molar-refractivity contribution is 5.36. The molecule has 1 unspecified atom stereocenters. The Morgan fingerprint density at radius 2 is 2.10 bits per heavy atom. The van der Waals surface area contributed by atoms with Crippen molar-refractivity contribution in [2.24, 2.45) is 24.8 Å². The van der Waals surface area contributed by atoms with Gasteiger partial charge in [-0.3, -0.25) is 4.39 Å². The van der Waals surface area contributed by atoms with Crippen molar-refractivity contribution in [1.29, 1.82) is 0 Å². The summed E-state index contributed by atoms with van der Waals surface area (Å²) in [6.45, 7) is 1.67. The third-order valence-electron chi connectivity index (χ3n) is 4.95. The summed E-state index contributed by atoms with van der Waals surface area (Å²) in [5.74, 6) is 4.19. The van der Waals surface area contributed by atoms with Crippen LogP contribution in [0.15, 0.2) is 22.8 Å². The smallest absolute Gasteiger partial charge is 0.226 e. The fraction of sp³-hybridized carbons (Fsp3) is 0.600. The standard InChI is InChI=1S/C15H19FN4O/c1-19-14(5-4-10-3-2-6-21-10)17-18-15(19)20-8-12-11(7-16)13(12)9-20/h2-3,6,11-13H,4-5,7-9H2,1H3/t11?,12-,13+. The van der Waals surface area contributed by atoms with Gasteiger partial charge in [0.05, 0.1) is 12.9 Å². The Bertz CT molecular complexity index is 612. The van der Waals surface area contributed by atoms with Gasteiger partial charge in [-0.25, -0.2) is 0 Å². The molecule has 0 spiro atoms. The summed E-state index contributed by atoms with van der Waals surface area (Å²) in [7, 11) is 2.00. The Labute approximate surface area is 122 Å². The van der Waals surface area contributed by atoms with Gasteiger partial charge in [0.1, 0.15) is 11.6 Å². The molecule has 4 rings (SSSR count). The minimum absolute atomic E-state index is 0.170. The number of halogens is 1. The first-order valence-corrected chi connectivity index (χ1v) is 7.49. The molecule has 3 atom stereocenters. The van der Waals surface area contributed by atoms with Gasteiger partial charge in [0.15, 0.2) is 0 Å². The average molecular weight is 290 g/mol. The molecule has 1 saturated heterocycles. The molecule has 1 aliphatic carbocycles. The Morgan fingerprint density at radius 3 is 2.76 bits per heavy atom. The molecule has 2 aromatic rings. The number of piperidine rings is 1. The molecule has 2 fully saturated rings. The van der Waals surface area contributed by atoms with Crippen LogP contribution in [0.3, 0.4) is 0 Å². The molecule has 1 saturated carbocycles. The number of fused-ring (bicyclic) bond motifs is 1. The molecule has 1 aliphatic heterocycles. The van der Waals surface area contributed by atoms with Crippen LogP contribution in [0.25, 0.3) is 0 Å². The van der Waals surface area contributed by atoms with Crippen LogP contribution >= 0.6 is 0 Å². The van der Waals surface area contributed by atoms with Gasteiger partial charge in [0.25, 0.3) is 0 Å². The van der Waals surface area contributed by atoms with Crippen LogP contribution in [0.1, 0.15) is 11.6 Å². The highest BCUT2D eigenvalue weighted by atomic mass is 19.1. The summed E-state index contributed by atoms with van der Waals surface area (Å²) in [5, 5.41) is 8.61. The fourth-order valence-corrected chi connectivity index (χ4v) is 3.58. The minimum Gasteiger partial charge on any atom is -0.469 e. The highest BCUT2D eigenvalue weighted by Gasteiger charge is 2.56. The maximum absolute atomic E-state index is 12.7. The van der Waals surface area contributed by atoms with Crippen molar-refractivity contribution in [2.75, 3.05) is 24.7 Å². The largest absolute Gasteiger partial charge is 0.469 e. The molecule has 6 heteroatoms. The number of nitrogens with zero attached hydrogens (tertiary/aromatic N) is 4. The second-order valence-electron chi connectivity index (χ2n) is 6.11. The van der Waals surface area contributed by atoms with Crippen LogP contribution in [0.2, 0.25) is 0 Å². The van der Waals surface area contributed by atoms with E-state index in [9.17, 15) is 4.39 Å². The topological polar surface area (TPSA) is 47.1 Å². The maximum Gasteiger partial charge on any atom is 0.226 e. The monoisotopic (exact) mass is 290 g/mol. The zero-order chi connectivity index (χ0) is 14.4. The van der Waals surface area contributed by atoms with Gasteiger partial charge in [0.2, 0.25) is 5.95 Å². The van der Waals surface area contributed by atoms with Crippen LogP contribution in [0.4, 0.5) is 10.3 Å². The quantitative estimate of drug-likeness (QED) is 0.843. The number of aryl methyl sites for hydroxylation is 2. The summed E-state index contributed by atoms with van der Waals surface area (Å²) in [6.07, 6.45) is 3.33.